The van der Waals surface area contributed by atoms with E-state index in [9.17, 15) is 4.79 Å². The lowest BCUT2D eigenvalue weighted by Crippen LogP contribution is -2.34. The van der Waals surface area contributed by atoms with Crippen molar-refractivity contribution in [3.8, 4) is 11.1 Å². The van der Waals surface area contributed by atoms with Gasteiger partial charge in [0.15, 0.2) is 0 Å². The minimum Gasteiger partial charge on any atom is -0.311 e. The Morgan fingerprint density at radius 2 is 1.96 bits per heavy atom. The maximum Gasteiger partial charge on any atom is 0.251 e. The number of likely N-dealkylation sites (tertiary alicyclic amines) is 1. The molecule has 2 aliphatic rings. The zero-order chi connectivity index (χ0) is 19.1. The van der Waals surface area contributed by atoms with Gasteiger partial charge < -0.3 is 4.98 Å². The summed E-state index contributed by atoms with van der Waals surface area (Å²) >= 11 is 0. The monoisotopic (exact) mass is 371 g/mol. The molecule has 1 N–H and O–H groups in total. The zero-order valence-electron chi connectivity index (χ0n) is 16.2. The van der Waals surface area contributed by atoms with Gasteiger partial charge in [-0.25, -0.2) is 4.98 Å². The second-order valence-electron chi connectivity index (χ2n) is 8.16. The van der Waals surface area contributed by atoms with Crippen molar-refractivity contribution in [3.05, 3.63) is 87.1 Å². The number of hydrogen-bond donors (Lipinski definition) is 1. The molecule has 142 valence electrons. The number of fused-ring (bicyclic) bond motifs is 3. The largest absolute Gasteiger partial charge is 0.311 e. The molecule has 0 unspecified atom stereocenters. The number of aromatic amines is 1. The van der Waals surface area contributed by atoms with Crippen molar-refractivity contribution in [2.24, 2.45) is 0 Å². The molecule has 1 saturated heterocycles. The van der Waals surface area contributed by atoms with Crippen LogP contribution in [0.1, 0.15) is 47.0 Å². The SMILES string of the molecule is Cc1nc([C@@H]2CCCN(Cc3ccc4c(c3)Cc3ccccc3-4)C2)cc(=O)[nH]1. The van der Waals surface area contributed by atoms with Crippen molar-refractivity contribution in [3.63, 3.8) is 0 Å². The fraction of sp³-hybridized carbons (Fsp3) is 0.333. The summed E-state index contributed by atoms with van der Waals surface area (Å²) in [7, 11) is 0. The molecular formula is C24H25N3O. The first kappa shape index (κ1) is 17.4. The quantitative estimate of drug-likeness (QED) is 0.591. The van der Waals surface area contributed by atoms with E-state index in [2.05, 4.69) is 57.3 Å². The number of hydrogen-bond acceptors (Lipinski definition) is 3. The summed E-state index contributed by atoms with van der Waals surface area (Å²) in [6.45, 7) is 4.89. The van der Waals surface area contributed by atoms with E-state index in [4.69, 9.17) is 0 Å². The highest BCUT2D eigenvalue weighted by Gasteiger charge is 2.24. The fourth-order valence-corrected chi connectivity index (χ4v) is 4.81. The lowest BCUT2D eigenvalue weighted by molar-refractivity contribution is 0.198. The minimum absolute atomic E-state index is 0.0437. The van der Waals surface area contributed by atoms with E-state index in [-0.39, 0.29) is 5.56 Å². The molecule has 3 aromatic rings. The summed E-state index contributed by atoms with van der Waals surface area (Å²) in [5.41, 5.74) is 7.93. The molecule has 0 bridgehead atoms. The summed E-state index contributed by atoms with van der Waals surface area (Å²) in [6.07, 6.45) is 3.29. The Labute approximate surface area is 165 Å². The van der Waals surface area contributed by atoms with Crippen LogP contribution in [0.2, 0.25) is 0 Å². The Morgan fingerprint density at radius 1 is 1.11 bits per heavy atom. The molecule has 0 amide bonds. The van der Waals surface area contributed by atoms with Crippen LogP contribution in [0.5, 0.6) is 0 Å². The number of nitrogens with zero attached hydrogens (tertiary/aromatic N) is 2. The molecule has 4 nitrogen and oxygen atoms in total. The predicted octanol–water partition coefficient (Wildman–Crippen LogP) is 4.03. The molecule has 2 heterocycles. The van der Waals surface area contributed by atoms with Crippen LogP contribution in [0.25, 0.3) is 11.1 Å². The Balaban J connectivity index is 1.33. The van der Waals surface area contributed by atoms with Gasteiger partial charge in [0.25, 0.3) is 5.56 Å². The molecule has 1 aliphatic heterocycles. The summed E-state index contributed by atoms with van der Waals surface area (Å²) in [4.78, 5) is 21.7. The van der Waals surface area contributed by atoms with Crippen molar-refractivity contribution >= 4 is 0 Å². The molecule has 0 radical (unpaired) electrons. The average molecular weight is 371 g/mol. The van der Waals surface area contributed by atoms with Gasteiger partial charge in [0.05, 0.1) is 5.69 Å². The number of aryl methyl sites for hydroxylation is 1. The lowest BCUT2D eigenvalue weighted by Gasteiger charge is -2.32. The normalized spacial score (nSPS) is 18.7. The third kappa shape index (κ3) is 3.29. The van der Waals surface area contributed by atoms with Gasteiger partial charge in [-0.15, -0.1) is 0 Å². The van der Waals surface area contributed by atoms with E-state index < -0.39 is 0 Å². The molecule has 1 aromatic heterocycles. The Kier molecular flexibility index (Phi) is 4.36. The van der Waals surface area contributed by atoms with Crippen molar-refractivity contribution in [1.82, 2.24) is 14.9 Å². The van der Waals surface area contributed by atoms with E-state index in [0.29, 0.717) is 11.7 Å². The topological polar surface area (TPSA) is 49.0 Å². The first-order valence-corrected chi connectivity index (χ1v) is 10.2. The van der Waals surface area contributed by atoms with Crippen molar-refractivity contribution in [2.45, 2.75) is 38.6 Å². The summed E-state index contributed by atoms with van der Waals surface area (Å²) in [6, 6.07) is 17.3. The highest BCUT2D eigenvalue weighted by molar-refractivity contribution is 5.76. The molecule has 1 aliphatic carbocycles. The van der Waals surface area contributed by atoms with E-state index in [1.807, 2.05) is 6.92 Å². The molecule has 1 atom stereocenters. The number of rotatable bonds is 3. The third-order valence-corrected chi connectivity index (χ3v) is 6.07. The second kappa shape index (κ2) is 7.02. The number of piperidine rings is 1. The molecule has 5 rings (SSSR count). The molecule has 0 spiro atoms. The van der Waals surface area contributed by atoms with Crippen molar-refractivity contribution < 1.29 is 0 Å². The van der Waals surface area contributed by atoms with Crippen LogP contribution in [0.3, 0.4) is 0 Å². The van der Waals surface area contributed by atoms with E-state index in [1.165, 1.54) is 27.8 Å². The lowest BCUT2D eigenvalue weighted by atomic mass is 9.94. The molecular weight excluding hydrogens is 346 g/mol. The zero-order valence-corrected chi connectivity index (χ0v) is 16.2. The van der Waals surface area contributed by atoms with Gasteiger partial charge in [0.1, 0.15) is 5.82 Å². The minimum atomic E-state index is -0.0437. The van der Waals surface area contributed by atoms with E-state index >= 15 is 0 Å². The standard InChI is InChI=1S/C24H25N3O/c1-16-25-23(13-24(28)26-16)19-6-4-10-27(15-19)14-17-8-9-22-20(11-17)12-18-5-2-3-7-21(18)22/h2-3,5,7-9,11,13,19H,4,6,10,12,14-15H2,1H3,(H,25,26,28)/t19-/m1/s1. The molecule has 28 heavy (non-hydrogen) atoms. The Morgan fingerprint density at radius 3 is 2.86 bits per heavy atom. The van der Waals surface area contributed by atoms with Crippen LogP contribution < -0.4 is 5.56 Å². The maximum absolute atomic E-state index is 11.8. The van der Waals surface area contributed by atoms with Gasteiger partial charge in [-0.05, 0) is 60.5 Å². The molecule has 4 heteroatoms. The van der Waals surface area contributed by atoms with Gasteiger partial charge in [-0.2, -0.15) is 0 Å². The maximum atomic E-state index is 11.8. The summed E-state index contributed by atoms with van der Waals surface area (Å²) in [5.74, 6) is 1.05. The van der Waals surface area contributed by atoms with Gasteiger partial charge in [-0.3, -0.25) is 9.69 Å². The number of aromatic nitrogens is 2. The average Bonchev–Trinajstić information content (AvgIpc) is 3.05. The van der Waals surface area contributed by atoms with Crippen LogP contribution in [0.15, 0.2) is 53.3 Å². The Hall–Kier alpha value is -2.72. The molecule has 2 aromatic carbocycles. The van der Waals surface area contributed by atoms with E-state index in [0.717, 1.165) is 44.6 Å². The van der Waals surface area contributed by atoms with Crippen LogP contribution in [-0.2, 0) is 13.0 Å². The van der Waals surface area contributed by atoms with Crippen molar-refractivity contribution in [2.75, 3.05) is 13.1 Å². The fourth-order valence-electron chi connectivity index (χ4n) is 4.81. The predicted molar refractivity (Wildman–Crippen MR) is 112 cm³/mol. The number of H-pyrrole nitrogens is 1. The van der Waals surface area contributed by atoms with Crippen molar-refractivity contribution in [1.29, 1.82) is 0 Å². The van der Waals surface area contributed by atoms with Crippen LogP contribution in [0, 0.1) is 6.92 Å². The third-order valence-electron chi connectivity index (χ3n) is 6.07. The summed E-state index contributed by atoms with van der Waals surface area (Å²) in [5, 5.41) is 0. The number of benzene rings is 2. The molecule has 0 saturated carbocycles. The first-order chi connectivity index (χ1) is 13.7. The Bertz CT molecular complexity index is 1090. The highest BCUT2D eigenvalue weighted by Crippen LogP contribution is 2.37. The van der Waals surface area contributed by atoms with Crippen LogP contribution >= 0.6 is 0 Å². The van der Waals surface area contributed by atoms with Gasteiger partial charge in [-0.1, -0.05) is 42.5 Å². The van der Waals surface area contributed by atoms with Gasteiger partial charge in [0.2, 0.25) is 0 Å². The summed E-state index contributed by atoms with van der Waals surface area (Å²) < 4.78 is 0. The number of nitrogens with one attached hydrogen (secondary N) is 1. The van der Waals surface area contributed by atoms with Gasteiger partial charge in [0, 0.05) is 25.1 Å². The van der Waals surface area contributed by atoms with Crippen LogP contribution in [-0.4, -0.2) is 28.0 Å². The second-order valence-corrected chi connectivity index (χ2v) is 8.16. The highest BCUT2D eigenvalue weighted by atomic mass is 16.1. The van der Waals surface area contributed by atoms with Gasteiger partial charge >= 0.3 is 0 Å². The first-order valence-electron chi connectivity index (χ1n) is 10.2. The van der Waals surface area contributed by atoms with Crippen LogP contribution in [0.4, 0.5) is 0 Å². The van der Waals surface area contributed by atoms with E-state index in [1.54, 1.807) is 6.07 Å². The smallest absolute Gasteiger partial charge is 0.251 e. The molecule has 1 fully saturated rings.